The lowest BCUT2D eigenvalue weighted by molar-refractivity contribution is 0.306. The highest BCUT2D eigenvalue weighted by Gasteiger charge is 1.99. The molecule has 0 saturated heterocycles. The highest BCUT2D eigenvalue weighted by Crippen LogP contribution is 2.14. The van der Waals surface area contributed by atoms with E-state index in [1.807, 2.05) is 54.6 Å². The summed E-state index contributed by atoms with van der Waals surface area (Å²) < 4.78 is 25.0. The number of ether oxygens (including phenoxy) is 1. The lowest BCUT2D eigenvalue weighted by atomic mass is 10.2. The van der Waals surface area contributed by atoms with E-state index in [1.54, 1.807) is 0 Å². The highest BCUT2D eigenvalue weighted by atomic mass is 32.2. The molecule has 0 aromatic heterocycles. The predicted molar refractivity (Wildman–Crippen MR) is 76.6 cm³/mol. The van der Waals surface area contributed by atoms with Crippen LogP contribution in [0.2, 0.25) is 0 Å². The van der Waals surface area contributed by atoms with Gasteiger partial charge in [-0.2, -0.15) is 0 Å². The summed E-state index contributed by atoms with van der Waals surface area (Å²) >= 11 is -1.73. The van der Waals surface area contributed by atoms with E-state index < -0.39 is 11.1 Å². The first-order chi connectivity index (χ1) is 9.24. The number of hydrogen-bond acceptors (Lipinski definition) is 2. The Hall–Kier alpha value is -1.65. The van der Waals surface area contributed by atoms with Gasteiger partial charge in [0, 0.05) is 0 Å². The van der Waals surface area contributed by atoms with Crippen LogP contribution in [0.25, 0.3) is 0 Å². The molecule has 0 amide bonds. The number of rotatable bonds is 6. The largest absolute Gasteiger partial charge is 0.489 e. The van der Waals surface area contributed by atoms with E-state index in [2.05, 4.69) is 0 Å². The van der Waals surface area contributed by atoms with Crippen molar-refractivity contribution >= 4 is 11.1 Å². The van der Waals surface area contributed by atoms with Gasteiger partial charge >= 0.3 is 0 Å². The monoisotopic (exact) mass is 276 g/mol. The first-order valence-electron chi connectivity index (χ1n) is 6.07. The molecule has 2 rings (SSSR count). The van der Waals surface area contributed by atoms with Gasteiger partial charge in [0.15, 0.2) is 11.1 Å². The second-order valence-electron chi connectivity index (χ2n) is 4.19. The maximum Gasteiger partial charge on any atom is 0.153 e. The number of aryl methyl sites for hydroxylation is 1. The summed E-state index contributed by atoms with van der Waals surface area (Å²) in [5, 5.41) is 0. The molecule has 0 heterocycles. The van der Waals surface area contributed by atoms with Crippen molar-refractivity contribution in [1.82, 2.24) is 0 Å². The van der Waals surface area contributed by atoms with Crippen molar-refractivity contribution < 1.29 is 13.5 Å². The lowest BCUT2D eigenvalue weighted by Crippen LogP contribution is -1.99. The molecule has 0 spiro atoms. The first kappa shape index (κ1) is 13.8. The van der Waals surface area contributed by atoms with E-state index in [1.165, 1.54) is 0 Å². The molecule has 0 fully saturated rings. The van der Waals surface area contributed by atoms with Crippen LogP contribution < -0.4 is 4.74 Å². The Kier molecular flexibility index (Phi) is 5.12. The van der Waals surface area contributed by atoms with E-state index in [9.17, 15) is 4.21 Å². The molecule has 1 unspecified atom stereocenters. The Balaban J connectivity index is 1.86. The molecule has 0 bridgehead atoms. The third-order valence-electron chi connectivity index (χ3n) is 2.74. The minimum Gasteiger partial charge on any atom is -0.489 e. The van der Waals surface area contributed by atoms with Gasteiger partial charge in [-0.05, 0) is 29.7 Å². The van der Waals surface area contributed by atoms with Crippen LogP contribution in [-0.2, 0) is 24.1 Å². The topological polar surface area (TPSA) is 46.5 Å². The molecule has 2 aromatic rings. The van der Waals surface area contributed by atoms with Crippen molar-refractivity contribution in [2.75, 3.05) is 5.75 Å². The molecule has 0 aliphatic heterocycles. The van der Waals surface area contributed by atoms with Crippen LogP contribution in [0.4, 0.5) is 0 Å². The fraction of sp³-hybridized carbons (Fsp3) is 0.200. The van der Waals surface area contributed by atoms with Gasteiger partial charge in [-0.25, -0.2) is 4.21 Å². The van der Waals surface area contributed by atoms with E-state index >= 15 is 0 Å². The fourth-order valence-corrected chi connectivity index (χ4v) is 2.11. The zero-order chi connectivity index (χ0) is 13.5. The zero-order valence-electron chi connectivity index (χ0n) is 10.5. The maximum absolute atomic E-state index is 10.6. The standard InChI is InChI=1S/C15H16O3S/c16-19(17)11-10-13-6-8-15(9-7-13)18-12-14-4-2-1-3-5-14/h1-9H,10-12H2,(H,16,17). The van der Waals surface area contributed by atoms with Crippen molar-refractivity contribution in [3.05, 3.63) is 65.7 Å². The third kappa shape index (κ3) is 4.85. The average molecular weight is 276 g/mol. The van der Waals surface area contributed by atoms with Crippen LogP contribution in [0.3, 0.4) is 0 Å². The summed E-state index contributed by atoms with van der Waals surface area (Å²) in [5.74, 6) is 1.07. The molecule has 1 atom stereocenters. The normalized spacial score (nSPS) is 12.1. The Morgan fingerprint density at radius 2 is 1.63 bits per heavy atom. The van der Waals surface area contributed by atoms with Crippen LogP contribution in [-0.4, -0.2) is 14.5 Å². The second-order valence-corrected chi connectivity index (χ2v) is 5.25. The van der Waals surface area contributed by atoms with Gasteiger partial charge in [-0.15, -0.1) is 0 Å². The van der Waals surface area contributed by atoms with Crippen molar-refractivity contribution in [2.24, 2.45) is 0 Å². The summed E-state index contributed by atoms with van der Waals surface area (Å²) in [6.45, 7) is 0.543. The van der Waals surface area contributed by atoms with Crippen LogP contribution in [0.1, 0.15) is 11.1 Å². The zero-order valence-corrected chi connectivity index (χ0v) is 11.3. The molecule has 3 nitrogen and oxygen atoms in total. The smallest absolute Gasteiger partial charge is 0.153 e. The second kappa shape index (κ2) is 7.07. The summed E-state index contributed by atoms with van der Waals surface area (Å²) in [6, 6.07) is 17.6. The Morgan fingerprint density at radius 1 is 0.947 bits per heavy atom. The molecule has 1 N–H and O–H groups in total. The minimum atomic E-state index is -1.73. The van der Waals surface area contributed by atoms with Gasteiger partial charge in [0.05, 0.1) is 5.75 Å². The Labute approximate surface area is 115 Å². The minimum absolute atomic E-state index is 0.268. The van der Waals surface area contributed by atoms with Crippen molar-refractivity contribution in [2.45, 2.75) is 13.0 Å². The summed E-state index contributed by atoms with van der Waals surface area (Å²) in [6.07, 6.45) is 0.599. The summed E-state index contributed by atoms with van der Waals surface area (Å²) in [7, 11) is 0. The van der Waals surface area contributed by atoms with Gasteiger partial charge in [-0.1, -0.05) is 42.5 Å². The maximum atomic E-state index is 10.6. The van der Waals surface area contributed by atoms with Crippen LogP contribution >= 0.6 is 0 Å². The van der Waals surface area contributed by atoms with Crippen LogP contribution in [0, 0.1) is 0 Å². The van der Waals surface area contributed by atoms with Gasteiger partial charge in [0.25, 0.3) is 0 Å². The van der Waals surface area contributed by atoms with E-state index in [4.69, 9.17) is 9.29 Å². The molecule has 19 heavy (non-hydrogen) atoms. The van der Waals surface area contributed by atoms with Crippen molar-refractivity contribution in [3.63, 3.8) is 0 Å². The SMILES string of the molecule is O=S(O)CCc1ccc(OCc2ccccc2)cc1. The first-order valence-corrected chi connectivity index (χ1v) is 7.35. The molecule has 0 aliphatic rings. The Morgan fingerprint density at radius 3 is 2.26 bits per heavy atom. The molecule has 0 aliphatic carbocycles. The number of benzene rings is 2. The molecule has 0 saturated carbocycles. The molecule has 0 radical (unpaired) electrons. The quantitative estimate of drug-likeness (QED) is 0.825. The molecular weight excluding hydrogens is 260 g/mol. The predicted octanol–water partition coefficient (Wildman–Crippen LogP) is 3.03. The van der Waals surface area contributed by atoms with E-state index in [0.29, 0.717) is 13.0 Å². The molecular formula is C15H16O3S. The fourth-order valence-electron chi connectivity index (χ4n) is 1.70. The van der Waals surface area contributed by atoms with Gasteiger partial charge < -0.3 is 9.29 Å². The van der Waals surface area contributed by atoms with Gasteiger partial charge in [-0.3, -0.25) is 0 Å². The van der Waals surface area contributed by atoms with Crippen molar-refractivity contribution in [1.29, 1.82) is 0 Å². The van der Waals surface area contributed by atoms with Crippen LogP contribution in [0.5, 0.6) is 5.75 Å². The lowest BCUT2D eigenvalue weighted by Gasteiger charge is -2.07. The average Bonchev–Trinajstić information content (AvgIpc) is 2.45. The molecule has 4 heteroatoms. The van der Waals surface area contributed by atoms with Gasteiger partial charge in [0.2, 0.25) is 0 Å². The van der Waals surface area contributed by atoms with E-state index in [-0.39, 0.29) is 5.75 Å². The molecule has 2 aromatic carbocycles. The van der Waals surface area contributed by atoms with E-state index in [0.717, 1.165) is 16.9 Å². The Bertz CT molecular complexity index is 523. The highest BCUT2D eigenvalue weighted by molar-refractivity contribution is 7.79. The van der Waals surface area contributed by atoms with Crippen molar-refractivity contribution in [3.8, 4) is 5.75 Å². The molecule has 100 valence electrons. The summed E-state index contributed by atoms with van der Waals surface area (Å²) in [4.78, 5) is 0. The number of hydrogen-bond donors (Lipinski definition) is 1. The van der Waals surface area contributed by atoms with Crippen LogP contribution in [0.15, 0.2) is 54.6 Å². The third-order valence-corrected chi connectivity index (χ3v) is 3.29. The van der Waals surface area contributed by atoms with Gasteiger partial charge in [0.1, 0.15) is 12.4 Å². The summed E-state index contributed by atoms with van der Waals surface area (Å²) in [5.41, 5.74) is 2.16.